The zero-order valence-corrected chi connectivity index (χ0v) is 7.50. The fraction of sp³-hybridized carbons (Fsp3) is 0.300. The summed E-state index contributed by atoms with van der Waals surface area (Å²) < 4.78 is 0. The first-order chi connectivity index (χ1) is 5.35. The van der Waals surface area contributed by atoms with E-state index in [0.717, 1.165) is 6.29 Å². The van der Waals surface area contributed by atoms with E-state index in [-0.39, 0.29) is 0 Å². The Balaban J connectivity index is 0. The molecule has 0 aliphatic heterocycles. The van der Waals surface area contributed by atoms with E-state index in [0.29, 0.717) is 5.57 Å². The summed E-state index contributed by atoms with van der Waals surface area (Å²) in [6.07, 6.45) is 7.58. The molecule has 0 heterocycles. The van der Waals surface area contributed by atoms with Crippen molar-refractivity contribution in [1.82, 2.24) is 0 Å². The summed E-state index contributed by atoms with van der Waals surface area (Å²) in [4.78, 5) is 10.1. The van der Waals surface area contributed by atoms with Gasteiger partial charge in [0, 0.05) is 5.57 Å². The van der Waals surface area contributed by atoms with Gasteiger partial charge in [-0.2, -0.15) is 0 Å². The van der Waals surface area contributed by atoms with Gasteiger partial charge in [0.25, 0.3) is 0 Å². The lowest BCUT2D eigenvalue weighted by atomic mass is 10.2. The van der Waals surface area contributed by atoms with Gasteiger partial charge in [-0.3, -0.25) is 4.79 Å². The highest BCUT2D eigenvalue weighted by atomic mass is 16.1. The number of carbonyl (C=O) groups excluding carboxylic acids is 1. The van der Waals surface area contributed by atoms with E-state index in [1.807, 2.05) is 26.8 Å². The van der Waals surface area contributed by atoms with E-state index in [9.17, 15) is 4.79 Å². The zero-order valence-electron chi connectivity index (χ0n) is 7.50. The molecule has 0 radical (unpaired) electrons. The number of rotatable bonds is 3. The van der Waals surface area contributed by atoms with Crippen molar-refractivity contribution in [3.8, 4) is 0 Å². The first kappa shape index (κ1) is 12.6. The molecule has 0 aliphatic rings. The number of carbonyl (C=O) groups is 1. The summed E-state index contributed by atoms with van der Waals surface area (Å²) in [7, 11) is 0. The van der Waals surface area contributed by atoms with Gasteiger partial charge >= 0.3 is 0 Å². The van der Waals surface area contributed by atoms with Gasteiger partial charge in [0.2, 0.25) is 0 Å². The van der Waals surface area contributed by atoms with E-state index in [2.05, 4.69) is 6.58 Å². The summed E-state index contributed by atoms with van der Waals surface area (Å²) in [6, 6.07) is 0. The first-order valence-corrected chi connectivity index (χ1v) is 3.75. The van der Waals surface area contributed by atoms with Gasteiger partial charge < -0.3 is 0 Å². The van der Waals surface area contributed by atoms with E-state index in [4.69, 9.17) is 0 Å². The Kier molecular flexibility index (Phi) is 13.3. The monoisotopic (exact) mass is 152 g/mol. The van der Waals surface area contributed by atoms with E-state index in [1.165, 1.54) is 0 Å². The van der Waals surface area contributed by atoms with Crippen molar-refractivity contribution >= 4 is 6.29 Å². The fourth-order valence-corrected chi connectivity index (χ4v) is 0.463. The molecule has 62 valence electrons. The minimum absolute atomic E-state index is 0.646. The van der Waals surface area contributed by atoms with E-state index < -0.39 is 0 Å². The van der Waals surface area contributed by atoms with Gasteiger partial charge in [-0.1, -0.05) is 44.7 Å². The van der Waals surface area contributed by atoms with Crippen molar-refractivity contribution in [1.29, 1.82) is 0 Å². The summed E-state index contributed by atoms with van der Waals surface area (Å²) in [5, 5.41) is 0. The number of allylic oxidation sites excluding steroid dienone is 5. The molecule has 0 N–H and O–H groups in total. The van der Waals surface area contributed by atoms with Crippen LogP contribution >= 0.6 is 0 Å². The van der Waals surface area contributed by atoms with Crippen LogP contribution in [0.3, 0.4) is 0 Å². The largest absolute Gasteiger partial charge is 0.298 e. The highest BCUT2D eigenvalue weighted by molar-refractivity contribution is 5.77. The van der Waals surface area contributed by atoms with E-state index in [1.54, 1.807) is 18.2 Å². The summed E-state index contributed by atoms with van der Waals surface area (Å²) >= 11 is 0. The van der Waals surface area contributed by atoms with Crippen molar-refractivity contribution in [3.63, 3.8) is 0 Å². The van der Waals surface area contributed by atoms with Crippen LogP contribution in [0.4, 0.5) is 0 Å². The SMILES string of the molecule is C=C/C=C(C=O)\C=C/C.CC. The second-order valence-electron chi connectivity index (χ2n) is 1.52. The second kappa shape index (κ2) is 11.7. The molecule has 0 bridgehead atoms. The third kappa shape index (κ3) is 8.89. The lowest BCUT2D eigenvalue weighted by Crippen LogP contribution is -1.75. The van der Waals surface area contributed by atoms with Crippen LogP contribution in [0.15, 0.2) is 36.5 Å². The molecule has 0 fully saturated rings. The molecule has 0 aromatic heterocycles. The molecular weight excluding hydrogens is 136 g/mol. The normalized spacial score (nSPS) is 10.3. The molecule has 0 aromatic carbocycles. The fourth-order valence-electron chi connectivity index (χ4n) is 0.463. The van der Waals surface area contributed by atoms with Gasteiger partial charge in [0.05, 0.1) is 0 Å². The Hall–Kier alpha value is -1.11. The van der Waals surface area contributed by atoms with Crippen molar-refractivity contribution in [2.45, 2.75) is 20.8 Å². The number of hydrogen-bond donors (Lipinski definition) is 0. The van der Waals surface area contributed by atoms with Crippen LogP contribution in [-0.2, 0) is 4.79 Å². The van der Waals surface area contributed by atoms with Crippen LogP contribution < -0.4 is 0 Å². The summed E-state index contributed by atoms with van der Waals surface area (Å²) in [5.41, 5.74) is 0.646. The quantitative estimate of drug-likeness (QED) is 0.345. The molecule has 0 unspecified atom stereocenters. The molecule has 0 saturated heterocycles. The maximum atomic E-state index is 10.1. The molecule has 0 rings (SSSR count). The third-order valence-electron chi connectivity index (χ3n) is 0.806. The molecule has 0 amide bonds. The molecule has 0 atom stereocenters. The Morgan fingerprint density at radius 1 is 1.36 bits per heavy atom. The van der Waals surface area contributed by atoms with Gasteiger partial charge in [-0.25, -0.2) is 0 Å². The van der Waals surface area contributed by atoms with Crippen LogP contribution in [0.1, 0.15) is 20.8 Å². The predicted octanol–water partition coefficient (Wildman–Crippen LogP) is 2.90. The number of hydrogen-bond acceptors (Lipinski definition) is 1. The molecule has 1 nitrogen and oxygen atoms in total. The lowest BCUT2D eigenvalue weighted by Gasteiger charge is -1.81. The van der Waals surface area contributed by atoms with Crippen molar-refractivity contribution in [3.05, 3.63) is 36.5 Å². The van der Waals surface area contributed by atoms with Crippen LogP contribution in [0.5, 0.6) is 0 Å². The summed E-state index contributed by atoms with van der Waals surface area (Å²) in [6.45, 7) is 9.32. The Morgan fingerprint density at radius 2 is 1.91 bits per heavy atom. The smallest absolute Gasteiger partial charge is 0.150 e. The van der Waals surface area contributed by atoms with Gasteiger partial charge in [-0.15, -0.1) is 0 Å². The highest BCUT2D eigenvalue weighted by Gasteiger charge is 1.80. The van der Waals surface area contributed by atoms with E-state index >= 15 is 0 Å². The maximum absolute atomic E-state index is 10.1. The summed E-state index contributed by atoms with van der Waals surface area (Å²) in [5.74, 6) is 0. The highest BCUT2D eigenvalue weighted by Crippen LogP contribution is 1.90. The average molecular weight is 152 g/mol. The average Bonchev–Trinajstić information content (AvgIpc) is 2.08. The molecule has 0 spiro atoms. The minimum atomic E-state index is 0.646. The van der Waals surface area contributed by atoms with Crippen molar-refractivity contribution < 1.29 is 4.79 Å². The molecule has 0 saturated carbocycles. The van der Waals surface area contributed by atoms with Crippen LogP contribution in [-0.4, -0.2) is 6.29 Å². The Labute approximate surface area is 69.1 Å². The molecule has 0 aromatic rings. The predicted molar refractivity (Wildman–Crippen MR) is 50.5 cm³/mol. The molecule has 11 heavy (non-hydrogen) atoms. The van der Waals surface area contributed by atoms with Crippen LogP contribution in [0, 0.1) is 0 Å². The lowest BCUT2D eigenvalue weighted by molar-refractivity contribution is -0.104. The van der Waals surface area contributed by atoms with Gasteiger partial charge in [0.15, 0.2) is 0 Å². The number of aldehydes is 1. The second-order valence-corrected chi connectivity index (χ2v) is 1.52. The molecule has 0 aliphatic carbocycles. The van der Waals surface area contributed by atoms with Crippen LogP contribution in [0.25, 0.3) is 0 Å². The van der Waals surface area contributed by atoms with Gasteiger partial charge in [-0.05, 0) is 6.92 Å². The maximum Gasteiger partial charge on any atom is 0.150 e. The van der Waals surface area contributed by atoms with Gasteiger partial charge in [0.1, 0.15) is 6.29 Å². The standard InChI is InChI=1S/C8H10O.C2H6/c1-3-5-8(7-9)6-4-2;1-2/h3-7H,1H2,2H3;1-2H3/b6-4-,8-5+;. The van der Waals surface area contributed by atoms with Crippen molar-refractivity contribution in [2.75, 3.05) is 0 Å². The van der Waals surface area contributed by atoms with Crippen molar-refractivity contribution in [2.24, 2.45) is 0 Å². The minimum Gasteiger partial charge on any atom is -0.298 e. The topological polar surface area (TPSA) is 17.1 Å². The van der Waals surface area contributed by atoms with Crippen LogP contribution in [0.2, 0.25) is 0 Å². The molecular formula is C10H16O. The molecule has 1 heteroatoms. The third-order valence-corrected chi connectivity index (χ3v) is 0.806. The Morgan fingerprint density at radius 3 is 2.18 bits per heavy atom. The first-order valence-electron chi connectivity index (χ1n) is 3.75. The zero-order chi connectivity index (χ0) is 9.11. The Bertz CT molecular complexity index is 152.